The molecule has 1 saturated carbocycles. The van der Waals surface area contributed by atoms with Crippen LogP contribution in [0.1, 0.15) is 44.9 Å². The normalized spacial score (nSPS) is 18.7. The van der Waals surface area contributed by atoms with E-state index in [0.29, 0.717) is 6.54 Å². The summed E-state index contributed by atoms with van der Waals surface area (Å²) in [6.45, 7) is 0.688. The summed E-state index contributed by atoms with van der Waals surface area (Å²) in [7, 11) is 0. The second kappa shape index (κ2) is 5.90. The van der Waals surface area contributed by atoms with Gasteiger partial charge in [0.1, 0.15) is 0 Å². The van der Waals surface area contributed by atoms with Gasteiger partial charge in [-0.15, -0.1) is 0 Å². The highest BCUT2D eigenvalue weighted by molar-refractivity contribution is 4.66. The summed E-state index contributed by atoms with van der Waals surface area (Å²) in [6.07, 6.45) is 9.38. The molecule has 0 spiro atoms. The van der Waals surface area contributed by atoms with Gasteiger partial charge in [0.25, 0.3) is 0 Å². The van der Waals surface area contributed by atoms with Gasteiger partial charge in [-0.3, -0.25) is 0 Å². The minimum Gasteiger partial charge on any atom is -0.0940 e. The maximum atomic E-state index is 8.06. The number of azide groups is 1. The number of nitrogens with zero attached hydrogens (tertiary/aromatic N) is 3. The van der Waals surface area contributed by atoms with Crippen molar-refractivity contribution in [1.82, 2.24) is 0 Å². The van der Waals surface area contributed by atoms with Crippen LogP contribution in [0.15, 0.2) is 5.11 Å². The van der Waals surface area contributed by atoms with Crippen molar-refractivity contribution in [3.8, 4) is 0 Å². The minimum atomic E-state index is 0.688. The molecule has 0 radical (unpaired) electrons. The molecule has 0 aromatic heterocycles. The number of hydrogen-bond acceptors (Lipinski definition) is 1. The van der Waals surface area contributed by atoms with Gasteiger partial charge in [0.2, 0.25) is 0 Å². The Hall–Kier alpha value is -0.690. The third-order valence-corrected chi connectivity index (χ3v) is 2.66. The second-order valence-electron chi connectivity index (χ2n) is 3.60. The lowest BCUT2D eigenvalue weighted by atomic mass is 9.86. The fraction of sp³-hybridized carbons (Fsp3) is 1.00. The maximum absolute atomic E-state index is 8.06. The van der Waals surface area contributed by atoms with Crippen molar-refractivity contribution in [3.05, 3.63) is 10.4 Å². The molecule has 12 heavy (non-hydrogen) atoms. The van der Waals surface area contributed by atoms with Gasteiger partial charge < -0.3 is 0 Å². The molecule has 3 heteroatoms. The topological polar surface area (TPSA) is 48.8 Å². The van der Waals surface area contributed by atoms with E-state index in [9.17, 15) is 0 Å². The zero-order valence-corrected chi connectivity index (χ0v) is 7.58. The van der Waals surface area contributed by atoms with Crippen LogP contribution in [-0.4, -0.2) is 6.54 Å². The summed E-state index contributed by atoms with van der Waals surface area (Å²) in [5.74, 6) is 0.924. The summed E-state index contributed by atoms with van der Waals surface area (Å²) in [4.78, 5) is 2.74. The van der Waals surface area contributed by atoms with E-state index in [1.807, 2.05) is 0 Å². The summed E-state index contributed by atoms with van der Waals surface area (Å²) >= 11 is 0. The van der Waals surface area contributed by atoms with Crippen LogP contribution in [-0.2, 0) is 0 Å². The molecule has 0 unspecified atom stereocenters. The summed E-state index contributed by atoms with van der Waals surface area (Å²) in [6, 6.07) is 0. The molecule has 0 aromatic rings. The first-order chi connectivity index (χ1) is 5.93. The molecule has 0 aliphatic heterocycles. The predicted molar refractivity (Wildman–Crippen MR) is 49.8 cm³/mol. The van der Waals surface area contributed by atoms with E-state index < -0.39 is 0 Å². The Bertz CT molecular complexity index is 155. The zero-order chi connectivity index (χ0) is 8.65. The molecular formula is C9H17N3. The van der Waals surface area contributed by atoms with Gasteiger partial charge in [0.05, 0.1) is 0 Å². The van der Waals surface area contributed by atoms with Gasteiger partial charge in [-0.1, -0.05) is 43.6 Å². The van der Waals surface area contributed by atoms with Crippen molar-refractivity contribution in [2.45, 2.75) is 44.9 Å². The molecule has 68 valence electrons. The third-order valence-electron chi connectivity index (χ3n) is 2.66. The van der Waals surface area contributed by atoms with Crippen LogP contribution >= 0.6 is 0 Å². The Labute approximate surface area is 73.8 Å². The van der Waals surface area contributed by atoms with Crippen LogP contribution < -0.4 is 0 Å². The first-order valence-corrected chi connectivity index (χ1v) is 4.94. The van der Waals surface area contributed by atoms with E-state index in [1.165, 1.54) is 38.5 Å². The van der Waals surface area contributed by atoms with Gasteiger partial charge in [-0.2, -0.15) is 0 Å². The minimum absolute atomic E-state index is 0.688. The average Bonchev–Trinajstić information content (AvgIpc) is 2.14. The molecule has 0 amide bonds. The SMILES string of the molecule is [N-]=[N+]=NCCCC1CCCCC1. The van der Waals surface area contributed by atoms with Crippen LogP contribution in [0.25, 0.3) is 10.4 Å². The Balaban J connectivity index is 2.01. The molecule has 0 aromatic carbocycles. The van der Waals surface area contributed by atoms with Crippen LogP contribution in [0.3, 0.4) is 0 Å². The van der Waals surface area contributed by atoms with E-state index >= 15 is 0 Å². The van der Waals surface area contributed by atoms with E-state index in [2.05, 4.69) is 10.0 Å². The Morgan fingerprint density at radius 1 is 1.25 bits per heavy atom. The summed E-state index contributed by atoms with van der Waals surface area (Å²) < 4.78 is 0. The molecule has 3 nitrogen and oxygen atoms in total. The third kappa shape index (κ3) is 3.63. The van der Waals surface area contributed by atoms with Gasteiger partial charge in [-0.25, -0.2) is 0 Å². The monoisotopic (exact) mass is 167 g/mol. The van der Waals surface area contributed by atoms with Gasteiger partial charge in [0, 0.05) is 11.5 Å². The largest absolute Gasteiger partial charge is 0.0940 e. The lowest BCUT2D eigenvalue weighted by Crippen LogP contribution is -2.06. The highest BCUT2D eigenvalue weighted by Crippen LogP contribution is 2.26. The molecule has 0 atom stereocenters. The van der Waals surface area contributed by atoms with Crippen LogP contribution in [0, 0.1) is 5.92 Å². The second-order valence-corrected chi connectivity index (χ2v) is 3.60. The van der Waals surface area contributed by atoms with Crippen molar-refractivity contribution in [3.63, 3.8) is 0 Å². The van der Waals surface area contributed by atoms with Crippen molar-refractivity contribution >= 4 is 0 Å². The smallest absolute Gasteiger partial charge is 0.0258 e. The van der Waals surface area contributed by atoms with Crippen molar-refractivity contribution in [2.75, 3.05) is 6.54 Å². The zero-order valence-electron chi connectivity index (χ0n) is 7.58. The molecule has 0 bridgehead atoms. The average molecular weight is 167 g/mol. The summed E-state index contributed by atoms with van der Waals surface area (Å²) in [5, 5.41) is 3.54. The van der Waals surface area contributed by atoms with E-state index in [0.717, 1.165) is 12.3 Å². The van der Waals surface area contributed by atoms with E-state index in [1.54, 1.807) is 0 Å². The fourth-order valence-corrected chi connectivity index (χ4v) is 1.97. The quantitative estimate of drug-likeness (QED) is 0.265. The van der Waals surface area contributed by atoms with E-state index in [4.69, 9.17) is 5.53 Å². The Morgan fingerprint density at radius 3 is 2.67 bits per heavy atom. The first kappa shape index (κ1) is 9.40. The standard InChI is InChI=1S/C9H17N3/c10-12-11-8-4-7-9-5-2-1-3-6-9/h9H,1-8H2. The lowest BCUT2D eigenvalue weighted by molar-refractivity contribution is 0.334. The fourth-order valence-electron chi connectivity index (χ4n) is 1.97. The van der Waals surface area contributed by atoms with Crippen LogP contribution in [0.2, 0.25) is 0 Å². The molecule has 0 N–H and O–H groups in total. The molecule has 1 aliphatic rings. The lowest BCUT2D eigenvalue weighted by Gasteiger charge is -2.20. The van der Waals surface area contributed by atoms with Crippen molar-refractivity contribution < 1.29 is 0 Å². The van der Waals surface area contributed by atoms with Gasteiger partial charge >= 0.3 is 0 Å². The van der Waals surface area contributed by atoms with Crippen LogP contribution in [0.5, 0.6) is 0 Å². The molecule has 1 fully saturated rings. The number of rotatable bonds is 4. The van der Waals surface area contributed by atoms with Crippen LogP contribution in [0.4, 0.5) is 0 Å². The molecule has 0 saturated heterocycles. The van der Waals surface area contributed by atoms with Gasteiger partial charge in [0.15, 0.2) is 0 Å². The number of hydrogen-bond donors (Lipinski definition) is 0. The highest BCUT2D eigenvalue weighted by atomic mass is 15.1. The molecule has 1 rings (SSSR count). The van der Waals surface area contributed by atoms with Crippen molar-refractivity contribution in [1.29, 1.82) is 0 Å². The molecule has 1 aliphatic carbocycles. The highest BCUT2D eigenvalue weighted by Gasteiger charge is 2.11. The van der Waals surface area contributed by atoms with Gasteiger partial charge in [-0.05, 0) is 17.9 Å². The maximum Gasteiger partial charge on any atom is 0.0258 e. The van der Waals surface area contributed by atoms with Crippen molar-refractivity contribution in [2.24, 2.45) is 11.0 Å². The molecular weight excluding hydrogens is 150 g/mol. The predicted octanol–water partition coefficient (Wildman–Crippen LogP) is 3.66. The molecule has 0 heterocycles. The first-order valence-electron chi connectivity index (χ1n) is 4.94. The Kier molecular flexibility index (Phi) is 4.62. The summed E-state index contributed by atoms with van der Waals surface area (Å²) in [5.41, 5.74) is 8.06. The Morgan fingerprint density at radius 2 is 2.00 bits per heavy atom. The van der Waals surface area contributed by atoms with E-state index in [-0.39, 0.29) is 0 Å².